The van der Waals surface area contributed by atoms with Crippen LogP contribution in [0.1, 0.15) is 13.8 Å². The molecule has 6 nitrogen and oxygen atoms in total. The largest absolute Gasteiger partial charge is 0.489 e. The van der Waals surface area contributed by atoms with E-state index in [1.165, 1.54) is 12.1 Å². The molecule has 0 bridgehead atoms. The monoisotopic (exact) mass is 366 g/mol. The zero-order chi connectivity index (χ0) is 18.8. The second-order valence-corrected chi connectivity index (χ2v) is 6.74. The fourth-order valence-electron chi connectivity index (χ4n) is 2.84. The molecule has 2 atom stereocenters. The van der Waals surface area contributed by atoms with Gasteiger partial charge in [-0.2, -0.15) is 0 Å². The number of aliphatic imine (C=N–C) groups is 1. The van der Waals surface area contributed by atoms with E-state index in [0.29, 0.717) is 18.2 Å². The minimum Gasteiger partial charge on any atom is -0.489 e. The number of hydrogen-bond donors (Lipinski definition) is 2. The molecule has 0 aromatic heterocycles. The lowest BCUT2D eigenvalue weighted by Crippen LogP contribution is -2.45. The van der Waals surface area contributed by atoms with Crippen molar-refractivity contribution in [1.29, 1.82) is 0 Å². The van der Waals surface area contributed by atoms with Gasteiger partial charge < -0.3 is 20.1 Å². The van der Waals surface area contributed by atoms with Crippen LogP contribution in [-0.4, -0.2) is 69.9 Å². The van der Waals surface area contributed by atoms with Crippen molar-refractivity contribution in [2.75, 3.05) is 53.0 Å². The molecule has 26 heavy (non-hydrogen) atoms. The average molecular weight is 366 g/mol. The minimum atomic E-state index is -0.297. The summed E-state index contributed by atoms with van der Waals surface area (Å²) in [5.74, 6) is 1.48. The molecule has 0 spiro atoms. The molecule has 0 saturated carbocycles. The van der Waals surface area contributed by atoms with Crippen molar-refractivity contribution in [2.24, 2.45) is 10.9 Å². The van der Waals surface area contributed by atoms with E-state index in [2.05, 4.69) is 27.4 Å². The molecule has 0 aliphatic carbocycles. The molecule has 1 fully saturated rings. The number of guanidine groups is 1. The standard InChI is InChI=1S/C19H31FN4O2/c1-15(14-24-7-9-25-10-8-24)12-22-19(21-3)23-13-16(2)26-18-6-4-5-17(20)11-18/h4-6,11,15-16H,7-10,12-14H2,1-3H3,(H2,21,22,23). The molecule has 0 radical (unpaired) electrons. The van der Waals surface area contributed by atoms with E-state index in [4.69, 9.17) is 9.47 Å². The third kappa shape index (κ3) is 7.58. The van der Waals surface area contributed by atoms with Gasteiger partial charge in [0.05, 0.1) is 19.8 Å². The highest BCUT2D eigenvalue weighted by atomic mass is 19.1. The van der Waals surface area contributed by atoms with Gasteiger partial charge in [0, 0.05) is 39.3 Å². The SMILES string of the molecule is CN=C(NCC(C)CN1CCOCC1)NCC(C)Oc1cccc(F)c1. The molecule has 1 aliphatic heterocycles. The number of hydrogen-bond acceptors (Lipinski definition) is 4. The number of halogens is 1. The quantitative estimate of drug-likeness (QED) is 0.542. The van der Waals surface area contributed by atoms with Crippen molar-refractivity contribution in [3.63, 3.8) is 0 Å². The molecule has 2 unspecified atom stereocenters. The molecule has 1 aliphatic rings. The van der Waals surface area contributed by atoms with E-state index >= 15 is 0 Å². The summed E-state index contributed by atoms with van der Waals surface area (Å²) in [6.07, 6.45) is -0.110. The maximum Gasteiger partial charge on any atom is 0.191 e. The summed E-state index contributed by atoms with van der Waals surface area (Å²) in [5, 5.41) is 6.60. The Bertz CT molecular complexity index is 564. The molecule has 146 valence electrons. The molecular weight excluding hydrogens is 335 g/mol. The zero-order valence-electron chi connectivity index (χ0n) is 16.0. The molecule has 2 N–H and O–H groups in total. The van der Waals surface area contributed by atoms with Crippen LogP contribution in [0.4, 0.5) is 4.39 Å². The Morgan fingerprint density at radius 3 is 2.69 bits per heavy atom. The third-order valence-corrected chi connectivity index (χ3v) is 4.21. The summed E-state index contributed by atoms with van der Waals surface area (Å²) in [6.45, 7) is 10.3. The van der Waals surface area contributed by atoms with Crippen LogP contribution < -0.4 is 15.4 Å². The Balaban J connectivity index is 1.66. The first-order valence-electron chi connectivity index (χ1n) is 9.23. The second-order valence-electron chi connectivity index (χ2n) is 6.74. The molecule has 1 aromatic carbocycles. The summed E-state index contributed by atoms with van der Waals surface area (Å²) in [7, 11) is 1.75. The molecule has 1 saturated heterocycles. The van der Waals surface area contributed by atoms with Crippen LogP contribution in [0.15, 0.2) is 29.3 Å². The van der Waals surface area contributed by atoms with E-state index in [-0.39, 0.29) is 11.9 Å². The molecule has 2 rings (SSSR count). The van der Waals surface area contributed by atoms with Crippen LogP contribution in [0.25, 0.3) is 0 Å². The van der Waals surface area contributed by atoms with Crippen LogP contribution in [0.2, 0.25) is 0 Å². The van der Waals surface area contributed by atoms with Gasteiger partial charge in [-0.25, -0.2) is 4.39 Å². The first kappa shape index (κ1) is 20.5. The minimum absolute atomic E-state index is 0.110. The van der Waals surface area contributed by atoms with Gasteiger partial charge in [-0.1, -0.05) is 13.0 Å². The summed E-state index contributed by atoms with van der Waals surface area (Å²) in [4.78, 5) is 6.68. The smallest absolute Gasteiger partial charge is 0.191 e. The normalized spacial score (nSPS) is 18.2. The maximum atomic E-state index is 13.2. The highest BCUT2D eigenvalue weighted by Crippen LogP contribution is 2.13. The highest BCUT2D eigenvalue weighted by Gasteiger charge is 2.14. The van der Waals surface area contributed by atoms with E-state index in [1.54, 1.807) is 19.2 Å². The van der Waals surface area contributed by atoms with Gasteiger partial charge in [-0.3, -0.25) is 9.89 Å². The van der Waals surface area contributed by atoms with E-state index in [1.807, 2.05) is 6.92 Å². The summed E-state index contributed by atoms with van der Waals surface area (Å²) >= 11 is 0. The van der Waals surface area contributed by atoms with Crippen LogP contribution >= 0.6 is 0 Å². The van der Waals surface area contributed by atoms with Crippen LogP contribution in [0.5, 0.6) is 5.75 Å². The van der Waals surface area contributed by atoms with Gasteiger partial charge in [-0.05, 0) is 25.0 Å². The van der Waals surface area contributed by atoms with Crippen LogP contribution in [0.3, 0.4) is 0 Å². The van der Waals surface area contributed by atoms with Gasteiger partial charge in [0.1, 0.15) is 17.7 Å². The number of morpholine rings is 1. The summed E-state index contributed by atoms with van der Waals surface area (Å²) in [5.41, 5.74) is 0. The number of nitrogens with one attached hydrogen (secondary N) is 2. The molecule has 1 aromatic rings. The lowest BCUT2D eigenvalue weighted by atomic mass is 10.1. The van der Waals surface area contributed by atoms with Gasteiger partial charge in [-0.15, -0.1) is 0 Å². The van der Waals surface area contributed by atoms with Crippen molar-refractivity contribution < 1.29 is 13.9 Å². The van der Waals surface area contributed by atoms with Gasteiger partial charge in [0.25, 0.3) is 0 Å². The number of nitrogens with zero attached hydrogens (tertiary/aromatic N) is 2. The third-order valence-electron chi connectivity index (χ3n) is 4.21. The average Bonchev–Trinajstić information content (AvgIpc) is 2.62. The van der Waals surface area contributed by atoms with Crippen molar-refractivity contribution in [3.8, 4) is 5.75 Å². The lowest BCUT2D eigenvalue weighted by molar-refractivity contribution is 0.0320. The van der Waals surface area contributed by atoms with Crippen LogP contribution in [-0.2, 0) is 4.74 Å². The van der Waals surface area contributed by atoms with Crippen molar-refractivity contribution in [2.45, 2.75) is 20.0 Å². The Morgan fingerprint density at radius 1 is 1.27 bits per heavy atom. The number of rotatable bonds is 8. The highest BCUT2D eigenvalue weighted by molar-refractivity contribution is 5.79. The first-order chi connectivity index (χ1) is 12.6. The second kappa shape index (κ2) is 11.0. The van der Waals surface area contributed by atoms with Gasteiger partial charge >= 0.3 is 0 Å². The van der Waals surface area contributed by atoms with Gasteiger partial charge in [0.2, 0.25) is 0 Å². The lowest BCUT2D eigenvalue weighted by Gasteiger charge is -2.29. The summed E-state index contributed by atoms with van der Waals surface area (Å²) < 4.78 is 24.3. The topological polar surface area (TPSA) is 58.1 Å². The molecule has 7 heteroatoms. The Morgan fingerprint density at radius 2 is 2.00 bits per heavy atom. The van der Waals surface area contributed by atoms with E-state index in [9.17, 15) is 4.39 Å². The van der Waals surface area contributed by atoms with E-state index < -0.39 is 0 Å². The first-order valence-corrected chi connectivity index (χ1v) is 9.23. The fourth-order valence-corrected chi connectivity index (χ4v) is 2.84. The predicted octanol–water partition coefficient (Wildman–Crippen LogP) is 1.73. The Labute approximate surface area is 155 Å². The molecule has 0 amide bonds. The number of benzene rings is 1. The van der Waals surface area contributed by atoms with Crippen molar-refractivity contribution in [1.82, 2.24) is 15.5 Å². The Hall–Kier alpha value is -1.86. The van der Waals surface area contributed by atoms with Crippen LogP contribution in [0, 0.1) is 11.7 Å². The zero-order valence-corrected chi connectivity index (χ0v) is 16.0. The number of ether oxygens (including phenoxy) is 2. The predicted molar refractivity (Wildman–Crippen MR) is 102 cm³/mol. The van der Waals surface area contributed by atoms with E-state index in [0.717, 1.165) is 45.4 Å². The fraction of sp³-hybridized carbons (Fsp3) is 0.632. The molecular formula is C19H31FN4O2. The maximum absolute atomic E-state index is 13.2. The summed E-state index contributed by atoms with van der Waals surface area (Å²) in [6, 6.07) is 6.18. The molecule has 1 heterocycles. The van der Waals surface area contributed by atoms with Crippen molar-refractivity contribution in [3.05, 3.63) is 30.1 Å². The Kier molecular flexibility index (Phi) is 8.64. The van der Waals surface area contributed by atoms with Crippen molar-refractivity contribution >= 4 is 5.96 Å². The van der Waals surface area contributed by atoms with Gasteiger partial charge in [0.15, 0.2) is 5.96 Å².